The maximum Gasteiger partial charge on any atom is 0.138 e. The summed E-state index contributed by atoms with van der Waals surface area (Å²) in [5.74, 6) is 0. The van der Waals surface area contributed by atoms with E-state index in [0.29, 0.717) is 0 Å². The van der Waals surface area contributed by atoms with Gasteiger partial charge in [0.2, 0.25) is 0 Å². The Hall–Kier alpha value is -0.410. The lowest BCUT2D eigenvalue weighted by atomic mass is 10.2. The third-order valence-electron chi connectivity index (χ3n) is 2.87. The number of hydrazine groups is 1. The van der Waals surface area contributed by atoms with E-state index in [4.69, 9.17) is 0 Å². The van der Waals surface area contributed by atoms with Gasteiger partial charge in [-0.25, -0.2) is 10.0 Å². The summed E-state index contributed by atoms with van der Waals surface area (Å²) in [5.41, 5.74) is 0. The van der Waals surface area contributed by atoms with Crippen LogP contribution in [0.3, 0.4) is 0 Å². The second kappa shape index (κ2) is 3.54. The fourth-order valence-corrected chi connectivity index (χ4v) is 2.22. The normalized spacial score (nSPS) is 32.8. The molecule has 0 radical (unpaired) electrons. The van der Waals surface area contributed by atoms with E-state index in [-0.39, 0.29) is 6.04 Å². The zero-order valence-corrected chi connectivity index (χ0v) is 7.41. The van der Waals surface area contributed by atoms with E-state index in [9.17, 15) is 4.79 Å². The molecular weight excluding hydrogens is 152 g/mol. The molecule has 0 aromatic rings. The molecule has 0 unspecified atom stereocenters. The first-order valence-corrected chi connectivity index (χ1v) is 4.88. The number of rotatable bonds is 2. The molecular formula is C9H16N2O. The van der Waals surface area contributed by atoms with Crippen molar-refractivity contribution in [2.75, 3.05) is 19.6 Å². The molecule has 12 heavy (non-hydrogen) atoms. The molecule has 68 valence electrons. The summed E-state index contributed by atoms with van der Waals surface area (Å²) in [6.45, 7) is 3.40. The highest BCUT2D eigenvalue weighted by Crippen LogP contribution is 2.21. The average molecular weight is 168 g/mol. The zero-order chi connectivity index (χ0) is 8.39. The van der Waals surface area contributed by atoms with Crippen LogP contribution in [0.15, 0.2) is 0 Å². The number of hydrogen-bond acceptors (Lipinski definition) is 3. The number of carbonyl (C=O) groups is 1. The van der Waals surface area contributed by atoms with Gasteiger partial charge in [-0.15, -0.1) is 0 Å². The quantitative estimate of drug-likeness (QED) is 0.566. The van der Waals surface area contributed by atoms with Crippen LogP contribution < -0.4 is 0 Å². The first-order valence-electron chi connectivity index (χ1n) is 4.88. The maximum atomic E-state index is 10.7. The highest BCUT2D eigenvalue weighted by molar-refractivity contribution is 5.57. The minimum Gasteiger partial charge on any atom is -0.302 e. The predicted molar refractivity (Wildman–Crippen MR) is 46.6 cm³/mol. The van der Waals surface area contributed by atoms with E-state index < -0.39 is 0 Å². The van der Waals surface area contributed by atoms with Crippen LogP contribution in [0.1, 0.15) is 25.7 Å². The fourth-order valence-electron chi connectivity index (χ4n) is 2.22. The Morgan fingerprint density at radius 1 is 1.08 bits per heavy atom. The van der Waals surface area contributed by atoms with Gasteiger partial charge in [-0.05, 0) is 25.7 Å². The van der Waals surface area contributed by atoms with E-state index in [2.05, 4.69) is 10.0 Å². The van der Waals surface area contributed by atoms with Crippen molar-refractivity contribution in [2.24, 2.45) is 0 Å². The molecule has 0 aromatic carbocycles. The highest BCUT2D eigenvalue weighted by atomic mass is 16.1. The minimum absolute atomic E-state index is 0.183. The molecule has 0 amide bonds. The molecule has 3 nitrogen and oxygen atoms in total. The van der Waals surface area contributed by atoms with E-state index in [1.54, 1.807) is 0 Å². The monoisotopic (exact) mass is 168 g/mol. The third-order valence-corrected chi connectivity index (χ3v) is 2.87. The second-order valence-corrected chi connectivity index (χ2v) is 3.67. The summed E-state index contributed by atoms with van der Waals surface area (Å²) >= 11 is 0. The maximum absolute atomic E-state index is 10.7. The molecule has 2 aliphatic heterocycles. The zero-order valence-electron chi connectivity index (χ0n) is 7.41. The van der Waals surface area contributed by atoms with E-state index in [0.717, 1.165) is 32.3 Å². The van der Waals surface area contributed by atoms with Crippen molar-refractivity contribution in [1.29, 1.82) is 0 Å². The van der Waals surface area contributed by atoms with Crippen LogP contribution in [0, 0.1) is 0 Å². The summed E-state index contributed by atoms with van der Waals surface area (Å²) in [5, 5.41) is 4.62. The molecule has 2 rings (SSSR count). The Morgan fingerprint density at radius 2 is 1.83 bits per heavy atom. The van der Waals surface area contributed by atoms with Crippen LogP contribution in [-0.4, -0.2) is 42.0 Å². The first kappa shape index (κ1) is 8.20. The van der Waals surface area contributed by atoms with Crippen molar-refractivity contribution in [3.8, 4) is 0 Å². The Morgan fingerprint density at radius 3 is 2.50 bits per heavy atom. The summed E-state index contributed by atoms with van der Waals surface area (Å²) in [7, 11) is 0. The number of carbonyl (C=O) groups excluding carboxylic acids is 1. The van der Waals surface area contributed by atoms with Gasteiger partial charge in [0.05, 0.1) is 6.04 Å². The molecule has 1 atom stereocenters. The van der Waals surface area contributed by atoms with E-state index in [1.165, 1.54) is 19.3 Å². The van der Waals surface area contributed by atoms with Gasteiger partial charge in [0.15, 0.2) is 0 Å². The van der Waals surface area contributed by atoms with Crippen molar-refractivity contribution in [2.45, 2.75) is 31.7 Å². The van der Waals surface area contributed by atoms with Crippen LogP contribution in [-0.2, 0) is 4.79 Å². The van der Waals surface area contributed by atoms with Gasteiger partial charge in [0.1, 0.15) is 6.29 Å². The van der Waals surface area contributed by atoms with Gasteiger partial charge in [-0.3, -0.25) is 0 Å². The van der Waals surface area contributed by atoms with Crippen LogP contribution in [0.5, 0.6) is 0 Å². The molecule has 0 spiro atoms. The van der Waals surface area contributed by atoms with E-state index >= 15 is 0 Å². The molecule has 0 saturated carbocycles. The van der Waals surface area contributed by atoms with Crippen molar-refractivity contribution in [1.82, 2.24) is 10.0 Å². The number of hydrogen-bond donors (Lipinski definition) is 0. The summed E-state index contributed by atoms with van der Waals surface area (Å²) in [6, 6.07) is 0.183. The van der Waals surface area contributed by atoms with Gasteiger partial charge in [0, 0.05) is 19.6 Å². The lowest BCUT2D eigenvalue weighted by Crippen LogP contribution is -2.44. The van der Waals surface area contributed by atoms with Gasteiger partial charge in [-0.1, -0.05) is 0 Å². The summed E-state index contributed by atoms with van der Waals surface area (Å²) in [4.78, 5) is 10.7. The van der Waals surface area contributed by atoms with Crippen molar-refractivity contribution in [3.05, 3.63) is 0 Å². The molecule has 3 heteroatoms. The molecule has 0 bridgehead atoms. The topological polar surface area (TPSA) is 23.6 Å². The lowest BCUT2D eigenvalue weighted by Gasteiger charge is -2.30. The standard InChI is InChI=1S/C9H16N2O/c12-8-9-4-3-7-11(9)10-5-1-2-6-10/h8-9H,1-7H2/t9-/m0/s1. The molecule has 0 aliphatic carbocycles. The third kappa shape index (κ3) is 1.39. The lowest BCUT2D eigenvalue weighted by molar-refractivity contribution is -0.117. The Bertz CT molecular complexity index is 166. The van der Waals surface area contributed by atoms with Gasteiger partial charge < -0.3 is 4.79 Å². The summed E-state index contributed by atoms with van der Waals surface area (Å²) < 4.78 is 0. The van der Waals surface area contributed by atoms with Crippen LogP contribution in [0.25, 0.3) is 0 Å². The fraction of sp³-hybridized carbons (Fsp3) is 0.889. The number of aldehydes is 1. The molecule has 0 N–H and O–H groups in total. The van der Waals surface area contributed by atoms with Gasteiger partial charge >= 0.3 is 0 Å². The average Bonchev–Trinajstić information content (AvgIpc) is 2.74. The van der Waals surface area contributed by atoms with Crippen molar-refractivity contribution < 1.29 is 4.79 Å². The minimum atomic E-state index is 0.183. The second-order valence-electron chi connectivity index (χ2n) is 3.67. The van der Waals surface area contributed by atoms with Crippen molar-refractivity contribution in [3.63, 3.8) is 0 Å². The summed E-state index contributed by atoms with van der Waals surface area (Å²) in [6.07, 6.45) is 5.93. The molecule has 2 saturated heterocycles. The van der Waals surface area contributed by atoms with Crippen LogP contribution >= 0.6 is 0 Å². The predicted octanol–water partition coefficient (Wildman–Crippen LogP) is 0.660. The van der Waals surface area contributed by atoms with Crippen LogP contribution in [0.2, 0.25) is 0 Å². The molecule has 2 fully saturated rings. The van der Waals surface area contributed by atoms with Crippen LogP contribution in [0.4, 0.5) is 0 Å². The Labute approximate surface area is 73.3 Å². The molecule has 2 aliphatic rings. The van der Waals surface area contributed by atoms with Crippen molar-refractivity contribution >= 4 is 6.29 Å². The van der Waals surface area contributed by atoms with Gasteiger partial charge in [-0.2, -0.15) is 0 Å². The first-order chi connectivity index (χ1) is 5.92. The Kier molecular flexibility index (Phi) is 2.42. The smallest absolute Gasteiger partial charge is 0.138 e. The molecule has 2 heterocycles. The molecule has 0 aromatic heterocycles. The number of nitrogens with zero attached hydrogens (tertiary/aromatic N) is 2. The Balaban J connectivity index is 1.96. The SMILES string of the molecule is O=C[C@@H]1CCCN1N1CCCC1. The van der Waals surface area contributed by atoms with E-state index in [1.807, 2.05) is 0 Å². The highest BCUT2D eigenvalue weighted by Gasteiger charge is 2.30. The largest absolute Gasteiger partial charge is 0.302 e. The van der Waals surface area contributed by atoms with Gasteiger partial charge in [0.25, 0.3) is 0 Å².